The minimum Gasteiger partial charge on any atom is -0.508 e. The fourth-order valence-electron chi connectivity index (χ4n) is 3.29. The normalized spacial score (nSPS) is 12.2. The number of nitrogens with zero attached hydrogens (tertiary/aromatic N) is 2. The van der Waals surface area contributed by atoms with Crippen molar-refractivity contribution in [2.45, 2.75) is 26.2 Å². The van der Waals surface area contributed by atoms with Crippen LogP contribution >= 0.6 is 0 Å². The van der Waals surface area contributed by atoms with E-state index < -0.39 is 0 Å². The van der Waals surface area contributed by atoms with Crippen molar-refractivity contribution in [3.8, 4) is 17.0 Å². The molecule has 1 amide bonds. The van der Waals surface area contributed by atoms with Crippen molar-refractivity contribution in [3.05, 3.63) is 71.0 Å². The first-order chi connectivity index (χ1) is 12.6. The van der Waals surface area contributed by atoms with Crippen LogP contribution in [0.1, 0.15) is 22.5 Å². The van der Waals surface area contributed by atoms with Gasteiger partial charge in [-0.3, -0.25) is 4.79 Å². The van der Waals surface area contributed by atoms with Crippen LogP contribution in [-0.2, 0) is 24.1 Å². The van der Waals surface area contributed by atoms with Crippen LogP contribution in [0.5, 0.6) is 5.75 Å². The van der Waals surface area contributed by atoms with Crippen molar-refractivity contribution in [3.63, 3.8) is 0 Å². The average Bonchev–Trinajstić information content (AvgIpc) is 2.63. The van der Waals surface area contributed by atoms with E-state index in [1.807, 2.05) is 43.3 Å². The van der Waals surface area contributed by atoms with Crippen LogP contribution in [0, 0.1) is 6.92 Å². The van der Waals surface area contributed by atoms with Crippen molar-refractivity contribution < 1.29 is 9.90 Å². The second-order valence-corrected chi connectivity index (χ2v) is 6.50. The zero-order valence-corrected chi connectivity index (χ0v) is 14.5. The first-order valence-corrected chi connectivity index (χ1v) is 8.64. The number of aryl methyl sites for hydroxylation is 3. The molecule has 0 saturated carbocycles. The highest BCUT2D eigenvalue weighted by atomic mass is 16.3. The van der Waals surface area contributed by atoms with E-state index in [4.69, 9.17) is 0 Å². The first kappa shape index (κ1) is 16.3. The number of aromatic nitrogens is 2. The number of aromatic hydroxyl groups is 1. The van der Waals surface area contributed by atoms with Crippen LogP contribution < -0.4 is 5.32 Å². The van der Waals surface area contributed by atoms with Gasteiger partial charge in [-0.1, -0.05) is 30.3 Å². The quantitative estimate of drug-likeness (QED) is 0.762. The average molecular weight is 345 g/mol. The maximum atomic E-state index is 12.3. The topological polar surface area (TPSA) is 75.1 Å². The van der Waals surface area contributed by atoms with Gasteiger partial charge < -0.3 is 10.4 Å². The molecule has 0 bridgehead atoms. The third-order valence-corrected chi connectivity index (χ3v) is 4.58. The van der Waals surface area contributed by atoms with E-state index in [2.05, 4.69) is 15.3 Å². The maximum Gasteiger partial charge on any atom is 0.229 e. The summed E-state index contributed by atoms with van der Waals surface area (Å²) < 4.78 is 0. The minimum atomic E-state index is -0.102. The standard InChI is InChI=1S/C21H19N3O2/c1-13-21(24-19(26)11-14-5-3-2-4-6-14)23-18-10-7-15-12-16(25)8-9-17(15)20(18)22-13/h2-6,8-9,12,25H,7,10-11H2,1H3,(H,23,24,26). The summed E-state index contributed by atoms with van der Waals surface area (Å²) in [5.74, 6) is 0.684. The van der Waals surface area contributed by atoms with E-state index in [1.165, 1.54) is 0 Å². The summed E-state index contributed by atoms with van der Waals surface area (Å²) in [7, 11) is 0. The molecular weight excluding hydrogens is 326 g/mol. The van der Waals surface area contributed by atoms with Gasteiger partial charge >= 0.3 is 0 Å². The number of carbonyl (C=O) groups excluding carboxylic acids is 1. The van der Waals surface area contributed by atoms with Gasteiger partial charge in [0.2, 0.25) is 5.91 Å². The molecule has 4 rings (SSSR count). The van der Waals surface area contributed by atoms with E-state index in [9.17, 15) is 9.90 Å². The summed E-state index contributed by atoms with van der Waals surface area (Å²) >= 11 is 0. The van der Waals surface area contributed by atoms with Gasteiger partial charge in [0, 0.05) is 5.56 Å². The lowest BCUT2D eigenvalue weighted by molar-refractivity contribution is -0.115. The third-order valence-electron chi connectivity index (χ3n) is 4.58. The molecule has 0 aliphatic heterocycles. The molecule has 0 spiro atoms. The molecule has 1 aliphatic carbocycles. The Balaban J connectivity index is 1.60. The lowest BCUT2D eigenvalue weighted by Crippen LogP contribution is -2.18. The maximum absolute atomic E-state index is 12.3. The van der Waals surface area contributed by atoms with Crippen LogP contribution in [0.2, 0.25) is 0 Å². The lowest BCUT2D eigenvalue weighted by Gasteiger charge is -2.20. The lowest BCUT2D eigenvalue weighted by atomic mass is 9.91. The highest BCUT2D eigenvalue weighted by Gasteiger charge is 2.21. The Labute approximate surface area is 151 Å². The summed E-state index contributed by atoms with van der Waals surface area (Å²) in [5.41, 5.74) is 5.44. The predicted molar refractivity (Wildman–Crippen MR) is 100 cm³/mol. The fraction of sp³-hybridized carbons (Fsp3) is 0.190. The van der Waals surface area contributed by atoms with Gasteiger partial charge in [0.15, 0.2) is 5.82 Å². The SMILES string of the molecule is Cc1nc2c(nc1NC(=O)Cc1ccccc1)CCc1cc(O)ccc1-2. The Kier molecular flexibility index (Phi) is 4.13. The first-order valence-electron chi connectivity index (χ1n) is 8.64. The number of hydrogen-bond acceptors (Lipinski definition) is 4. The number of anilines is 1. The highest BCUT2D eigenvalue weighted by molar-refractivity contribution is 5.92. The summed E-state index contributed by atoms with van der Waals surface area (Å²) in [5, 5.41) is 12.6. The third kappa shape index (κ3) is 3.16. The summed E-state index contributed by atoms with van der Waals surface area (Å²) in [6, 6.07) is 15.0. The molecule has 1 heterocycles. The van der Waals surface area contributed by atoms with Crippen molar-refractivity contribution in [2.24, 2.45) is 0 Å². The smallest absolute Gasteiger partial charge is 0.229 e. The van der Waals surface area contributed by atoms with Crippen LogP contribution in [0.4, 0.5) is 5.82 Å². The van der Waals surface area contributed by atoms with E-state index in [-0.39, 0.29) is 11.7 Å². The van der Waals surface area contributed by atoms with Crippen molar-refractivity contribution in [1.29, 1.82) is 0 Å². The molecule has 130 valence electrons. The monoisotopic (exact) mass is 345 g/mol. The second kappa shape index (κ2) is 6.59. The molecule has 0 fully saturated rings. The van der Waals surface area contributed by atoms with Crippen LogP contribution in [-0.4, -0.2) is 21.0 Å². The number of benzene rings is 2. The molecule has 1 aromatic heterocycles. The number of hydrogen-bond donors (Lipinski definition) is 2. The predicted octanol–water partition coefficient (Wildman–Crippen LogP) is 3.44. The van der Waals surface area contributed by atoms with Gasteiger partial charge in [-0.15, -0.1) is 0 Å². The molecule has 0 saturated heterocycles. The van der Waals surface area contributed by atoms with E-state index in [1.54, 1.807) is 12.1 Å². The van der Waals surface area contributed by atoms with Crippen molar-refractivity contribution in [2.75, 3.05) is 5.32 Å². The molecule has 5 nitrogen and oxygen atoms in total. The van der Waals surface area contributed by atoms with E-state index in [0.29, 0.717) is 17.9 Å². The number of carbonyl (C=O) groups is 1. The Morgan fingerprint density at radius 2 is 1.92 bits per heavy atom. The molecule has 3 aromatic rings. The Morgan fingerprint density at radius 1 is 1.12 bits per heavy atom. The Morgan fingerprint density at radius 3 is 2.73 bits per heavy atom. The van der Waals surface area contributed by atoms with E-state index in [0.717, 1.165) is 40.9 Å². The Bertz CT molecular complexity index is 984. The zero-order valence-electron chi connectivity index (χ0n) is 14.5. The van der Waals surface area contributed by atoms with Crippen molar-refractivity contribution >= 4 is 11.7 Å². The molecule has 0 unspecified atom stereocenters. The molecule has 2 aromatic carbocycles. The summed E-state index contributed by atoms with van der Waals surface area (Å²) in [6.07, 6.45) is 1.84. The molecule has 2 N–H and O–H groups in total. The largest absolute Gasteiger partial charge is 0.508 e. The number of nitrogens with one attached hydrogen (secondary N) is 1. The van der Waals surface area contributed by atoms with Gasteiger partial charge in [-0.05, 0) is 49.1 Å². The van der Waals surface area contributed by atoms with Gasteiger partial charge in [0.25, 0.3) is 0 Å². The number of amides is 1. The molecule has 5 heteroatoms. The van der Waals surface area contributed by atoms with Crippen LogP contribution in [0.3, 0.4) is 0 Å². The second-order valence-electron chi connectivity index (χ2n) is 6.50. The van der Waals surface area contributed by atoms with Crippen LogP contribution in [0.15, 0.2) is 48.5 Å². The van der Waals surface area contributed by atoms with Gasteiger partial charge in [-0.25, -0.2) is 9.97 Å². The molecule has 0 atom stereocenters. The van der Waals surface area contributed by atoms with Gasteiger partial charge in [0.05, 0.1) is 23.5 Å². The molecule has 26 heavy (non-hydrogen) atoms. The van der Waals surface area contributed by atoms with Gasteiger partial charge in [-0.2, -0.15) is 0 Å². The Hall–Kier alpha value is -3.21. The number of fused-ring (bicyclic) bond motifs is 3. The van der Waals surface area contributed by atoms with E-state index >= 15 is 0 Å². The number of rotatable bonds is 3. The molecular formula is C21H19N3O2. The molecule has 0 radical (unpaired) electrons. The number of phenolic OH excluding ortho intramolecular Hbond substituents is 1. The van der Waals surface area contributed by atoms with Crippen molar-refractivity contribution in [1.82, 2.24) is 9.97 Å². The van der Waals surface area contributed by atoms with Gasteiger partial charge in [0.1, 0.15) is 5.75 Å². The zero-order chi connectivity index (χ0) is 18.1. The number of phenols is 1. The minimum absolute atomic E-state index is 0.102. The fourth-order valence-corrected chi connectivity index (χ4v) is 3.29. The summed E-state index contributed by atoms with van der Waals surface area (Å²) in [4.78, 5) is 21.7. The summed E-state index contributed by atoms with van der Waals surface area (Å²) in [6.45, 7) is 1.85. The molecule has 1 aliphatic rings. The highest BCUT2D eigenvalue weighted by Crippen LogP contribution is 2.34. The van der Waals surface area contributed by atoms with Crippen LogP contribution in [0.25, 0.3) is 11.3 Å².